The van der Waals surface area contributed by atoms with Crippen LogP contribution in [0, 0.1) is 6.92 Å². The van der Waals surface area contributed by atoms with Crippen LogP contribution in [0.2, 0.25) is 5.15 Å². The number of nitrogens with zero attached hydrogens (tertiary/aromatic N) is 2. The van der Waals surface area contributed by atoms with Crippen LogP contribution in [-0.4, -0.2) is 10.7 Å². The maximum Gasteiger partial charge on any atom is 0.129 e. The second-order valence-electron chi connectivity index (χ2n) is 4.58. The number of aryl methyl sites for hydroxylation is 1. The normalized spacial score (nSPS) is 13.4. The number of pyridine rings is 1. The molecule has 0 atom stereocenters. The van der Waals surface area contributed by atoms with Crippen molar-refractivity contribution in [2.24, 2.45) is 4.99 Å². The Hall–Kier alpha value is -1.93. The molecule has 0 amide bonds. The number of hydrogen-bond acceptors (Lipinski definition) is 2. The summed E-state index contributed by atoms with van der Waals surface area (Å²) in [5.74, 6) is 0. The molecular weight excluding hydrogens is 280 g/mol. The largest absolute Gasteiger partial charge is 0.262 e. The monoisotopic (exact) mass is 300 g/mol. The third-order valence-electron chi connectivity index (χ3n) is 2.97. The lowest BCUT2D eigenvalue weighted by molar-refractivity contribution is 1.18. The number of aromatic nitrogens is 1. The average Bonchev–Trinajstić information content (AvgIpc) is 2.45. The van der Waals surface area contributed by atoms with Crippen molar-refractivity contribution in [3.05, 3.63) is 71.2 Å². The molecule has 0 aromatic carbocycles. The first kappa shape index (κ1) is 17.1. The highest BCUT2D eigenvalue weighted by atomic mass is 35.5. The summed E-state index contributed by atoms with van der Waals surface area (Å²) in [4.78, 5) is 8.54. The predicted molar refractivity (Wildman–Crippen MR) is 93.8 cm³/mol. The molecule has 0 radical (unpaired) electrons. The van der Waals surface area contributed by atoms with Gasteiger partial charge in [-0.25, -0.2) is 4.98 Å². The van der Waals surface area contributed by atoms with Crippen LogP contribution in [0.25, 0.3) is 5.57 Å². The van der Waals surface area contributed by atoms with Crippen molar-refractivity contribution < 1.29 is 0 Å². The SMILES string of the molecule is C=C(C(/C=C\C(C)=N/C=C\C)=C/C)c1ccc(Cl)nc1C. The van der Waals surface area contributed by atoms with Gasteiger partial charge in [0.05, 0.1) is 0 Å². The molecule has 110 valence electrons. The summed E-state index contributed by atoms with van der Waals surface area (Å²) >= 11 is 5.89. The topological polar surface area (TPSA) is 25.2 Å². The highest BCUT2D eigenvalue weighted by Gasteiger charge is 2.07. The molecule has 0 spiro atoms. The van der Waals surface area contributed by atoms with Gasteiger partial charge in [-0.1, -0.05) is 36.4 Å². The lowest BCUT2D eigenvalue weighted by Gasteiger charge is -2.10. The fourth-order valence-corrected chi connectivity index (χ4v) is 2.01. The van der Waals surface area contributed by atoms with Gasteiger partial charge in [0.2, 0.25) is 0 Å². The van der Waals surface area contributed by atoms with Gasteiger partial charge >= 0.3 is 0 Å². The van der Waals surface area contributed by atoms with E-state index in [4.69, 9.17) is 11.6 Å². The Balaban J connectivity index is 3.01. The summed E-state index contributed by atoms with van der Waals surface area (Å²) in [7, 11) is 0. The lowest BCUT2D eigenvalue weighted by Crippen LogP contribution is -1.94. The van der Waals surface area contributed by atoms with Crippen LogP contribution >= 0.6 is 11.6 Å². The van der Waals surface area contributed by atoms with E-state index in [0.717, 1.165) is 28.1 Å². The quantitative estimate of drug-likeness (QED) is 0.397. The highest BCUT2D eigenvalue weighted by Crippen LogP contribution is 2.25. The summed E-state index contributed by atoms with van der Waals surface area (Å²) in [6.07, 6.45) is 9.68. The molecule has 1 heterocycles. The number of allylic oxidation sites excluding steroid dienone is 6. The minimum absolute atomic E-state index is 0.496. The smallest absolute Gasteiger partial charge is 0.129 e. The predicted octanol–water partition coefficient (Wildman–Crippen LogP) is 5.55. The first-order valence-corrected chi connectivity index (χ1v) is 7.20. The molecule has 1 aromatic heterocycles. The summed E-state index contributed by atoms with van der Waals surface area (Å²) in [5.41, 5.74) is 4.78. The fraction of sp³-hybridized carbons (Fsp3) is 0.222. The summed E-state index contributed by atoms with van der Waals surface area (Å²) in [6.45, 7) is 12.0. The molecule has 0 unspecified atom stereocenters. The molecule has 21 heavy (non-hydrogen) atoms. The van der Waals surface area contributed by atoms with Crippen molar-refractivity contribution in [2.75, 3.05) is 0 Å². The van der Waals surface area contributed by atoms with E-state index in [9.17, 15) is 0 Å². The lowest BCUT2D eigenvalue weighted by atomic mass is 9.97. The molecule has 3 heteroatoms. The van der Waals surface area contributed by atoms with E-state index in [1.807, 2.05) is 58.1 Å². The maximum absolute atomic E-state index is 5.89. The van der Waals surface area contributed by atoms with E-state index in [1.54, 1.807) is 12.3 Å². The second kappa shape index (κ2) is 8.38. The minimum Gasteiger partial charge on any atom is -0.262 e. The van der Waals surface area contributed by atoms with Gasteiger partial charge in [0, 0.05) is 23.2 Å². The molecule has 0 aliphatic rings. The van der Waals surface area contributed by atoms with Crippen LogP contribution in [0.3, 0.4) is 0 Å². The average molecular weight is 301 g/mol. The Morgan fingerprint density at radius 2 is 2.00 bits per heavy atom. The molecule has 0 aliphatic heterocycles. The molecule has 1 rings (SSSR count). The zero-order chi connectivity index (χ0) is 15.8. The summed E-state index contributed by atoms with van der Waals surface area (Å²) in [6, 6.07) is 3.73. The van der Waals surface area contributed by atoms with E-state index in [1.165, 1.54) is 0 Å². The van der Waals surface area contributed by atoms with Crippen molar-refractivity contribution in [1.82, 2.24) is 4.98 Å². The number of rotatable bonds is 5. The van der Waals surface area contributed by atoms with Crippen LogP contribution in [-0.2, 0) is 0 Å². The van der Waals surface area contributed by atoms with Crippen molar-refractivity contribution in [3.63, 3.8) is 0 Å². The molecule has 0 fully saturated rings. The number of halogens is 1. The zero-order valence-corrected chi connectivity index (χ0v) is 13.8. The first-order chi connectivity index (χ1) is 9.99. The van der Waals surface area contributed by atoms with E-state index < -0.39 is 0 Å². The summed E-state index contributed by atoms with van der Waals surface area (Å²) in [5, 5.41) is 0.496. The Bertz CT molecular complexity index is 635. The van der Waals surface area contributed by atoms with Gasteiger partial charge in [0.15, 0.2) is 0 Å². The Labute approximate surface area is 132 Å². The van der Waals surface area contributed by atoms with Crippen molar-refractivity contribution >= 4 is 22.9 Å². The van der Waals surface area contributed by atoms with E-state index in [0.29, 0.717) is 5.15 Å². The molecule has 2 nitrogen and oxygen atoms in total. The van der Waals surface area contributed by atoms with Crippen LogP contribution in [0.15, 0.2) is 59.8 Å². The van der Waals surface area contributed by atoms with Crippen LogP contribution in [0.5, 0.6) is 0 Å². The van der Waals surface area contributed by atoms with E-state index in [-0.39, 0.29) is 0 Å². The number of aliphatic imine (C=N–C) groups is 1. The Morgan fingerprint density at radius 3 is 2.57 bits per heavy atom. The maximum atomic E-state index is 5.89. The molecule has 0 saturated heterocycles. The van der Waals surface area contributed by atoms with Gasteiger partial charge in [-0.2, -0.15) is 0 Å². The molecule has 0 aliphatic carbocycles. The van der Waals surface area contributed by atoms with Gasteiger partial charge in [0.25, 0.3) is 0 Å². The Kier molecular flexibility index (Phi) is 6.83. The highest BCUT2D eigenvalue weighted by molar-refractivity contribution is 6.29. The van der Waals surface area contributed by atoms with Crippen molar-refractivity contribution in [1.29, 1.82) is 0 Å². The summed E-state index contributed by atoms with van der Waals surface area (Å²) < 4.78 is 0. The molecule has 0 N–H and O–H groups in total. The molecule has 0 bridgehead atoms. The fourth-order valence-electron chi connectivity index (χ4n) is 1.82. The molecule has 1 aromatic rings. The first-order valence-electron chi connectivity index (χ1n) is 6.82. The van der Waals surface area contributed by atoms with E-state index >= 15 is 0 Å². The van der Waals surface area contributed by atoms with Gasteiger partial charge in [0.1, 0.15) is 5.15 Å². The standard InChI is InChI=1S/C18H21ClN2/c1-6-12-20-13(3)8-9-16(7-2)14(4)17-10-11-18(19)21-15(17)5/h6-12H,4H2,1-3,5H3/b9-8-,12-6-,16-7+,20-13-. The zero-order valence-electron chi connectivity index (χ0n) is 13.0. The van der Waals surface area contributed by atoms with Gasteiger partial charge < -0.3 is 0 Å². The third-order valence-corrected chi connectivity index (χ3v) is 3.18. The molecular formula is C18H21ClN2. The Morgan fingerprint density at radius 1 is 1.29 bits per heavy atom. The van der Waals surface area contributed by atoms with Gasteiger partial charge in [-0.05, 0) is 57.0 Å². The molecule has 0 saturated carbocycles. The minimum atomic E-state index is 0.496. The van der Waals surface area contributed by atoms with Crippen molar-refractivity contribution in [3.8, 4) is 0 Å². The van der Waals surface area contributed by atoms with Crippen LogP contribution in [0.4, 0.5) is 0 Å². The van der Waals surface area contributed by atoms with Crippen LogP contribution in [0.1, 0.15) is 32.0 Å². The third kappa shape index (κ3) is 5.16. The van der Waals surface area contributed by atoms with Gasteiger partial charge in [-0.15, -0.1) is 0 Å². The second-order valence-corrected chi connectivity index (χ2v) is 4.96. The van der Waals surface area contributed by atoms with Gasteiger partial charge in [-0.3, -0.25) is 4.99 Å². The van der Waals surface area contributed by atoms with Crippen molar-refractivity contribution in [2.45, 2.75) is 27.7 Å². The number of hydrogen-bond donors (Lipinski definition) is 0. The van der Waals surface area contributed by atoms with Crippen LogP contribution < -0.4 is 0 Å². The van der Waals surface area contributed by atoms with E-state index in [2.05, 4.69) is 16.6 Å².